The van der Waals surface area contributed by atoms with Crippen LogP contribution in [-0.4, -0.2) is 77.3 Å². The summed E-state index contributed by atoms with van der Waals surface area (Å²) < 4.78 is 25.2. The molecule has 1 heterocycles. The Morgan fingerprint density at radius 1 is 0.848 bits per heavy atom. The fraction of sp³-hybridized carbons (Fsp3) is 0.913. The molecule has 2 N–H and O–H groups in total. The molecule has 1 amide bonds. The van der Waals surface area contributed by atoms with Gasteiger partial charge in [-0.3, -0.25) is 4.79 Å². The highest BCUT2D eigenvalue weighted by Gasteiger charge is 2.54. The van der Waals surface area contributed by atoms with Crippen molar-refractivity contribution >= 4 is 28.5 Å². The Balaban J connectivity index is 3.62. The highest BCUT2D eigenvalue weighted by molar-refractivity contribution is 6.74. The lowest BCUT2D eigenvalue weighted by atomic mass is 9.92. The van der Waals surface area contributed by atoms with Crippen LogP contribution in [0, 0.1) is 0 Å². The topological polar surface area (TPSA) is 103 Å². The van der Waals surface area contributed by atoms with E-state index in [0.717, 1.165) is 36.3 Å². The summed E-state index contributed by atoms with van der Waals surface area (Å²) >= 11 is 0. The maximum Gasteiger partial charge on any atom is 0.337 e. The minimum absolute atomic E-state index is 0.190. The lowest BCUT2D eigenvalue weighted by molar-refractivity contribution is -0.204. The van der Waals surface area contributed by atoms with Crippen molar-refractivity contribution in [2.45, 2.75) is 122 Å². The van der Waals surface area contributed by atoms with Gasteiger partial charge in [-0.2, -0.15) is 0 Å². The van der Waals surface area contributed by atoms with E-state index in [-0.39, 0.29) is 19.1 Å². The van der Waals surface area contributed by atoms with Crippen LogP contribution >= 0.6 is 0 Å². The Morgan fingerprint density at radius 2 is 1.30 bits per heavy atom. The van der Waals surface area contributed by atoms with Crippen LogP contribution < -0.4 is 5.32 Å². The zero-order valence-electron chi connectivity index (χ0n) is 21.9. The molecule has 0 saturated carbocycles. The molecule has 0 spiro atoms. The zero-order chi connectivity index (χ0) is 25.2. The molecular formula is C23H47NO7Si2. The van der Waals surface area contributed by atoms with Crippen molar-refractivity contribution in [2.24, 2.45) is 0 Å². The fourth-order valence-electron chi connectivity index (χ4n) is 4.77. The Labute approximate surface area is 202 Å². The number of nitrogens with one attached hydrogen (secondary N) is 1. The van der Waals surface area contributed by atoms with Crippen LogP contribution in [0.1, 0.15) is 55.4 Å². The first-order valence-corrected chi connectivity index (χ1v) is 17.8. The van der Waals surface area contributed by atoms with Gasteiger partial charge in [0.15, 0.2) is 22.7 Å². The number of carbonyl (C=O) groups is 2. The van der Waals surface area contributed by atoms with Crippen molar-refractivity contribution in [3.8, 4) is 0 Å². The average molecular weight is 506 g/mol. The number of ether oxygens (including phenoxy) is 2. The molecule has 8 nitrogen and oxygen atoms in total. The van der Waals surface area contributed by atoms with E-state index < -0.39 is 53.1 Å². The van der Waals surface area contributed by atoms with Gasteiger partial charge in [0.1, 0.15) is 12.2 Å². The van der Waals surface area contributed by atoms with E-state index in [9.17, 15) is 14.7 Å². The molecular weight excluding hydrogens is 458 g/mol. The summed E-state index contributed by atoms with van der Waals surface area (Å²) in [7, 11) is -4.30. The second kappa shape index (κ2) is 13.9. The van der Waals surface area contributed by atoms with Gasteiger partial charge in [0.2, 0.25) is 5.91 Å². The third-order valence-corrected chi connectivity index (χ3v) is 16.7. The van der Waals surface area contributed by atoms with Gasteiger partial charge in [0.05, 0.1) is 25.4 Å². The van der Waals surface area contributed by atoms with Crippen molar-refractivity contribution in [2.75, 3.05) is 13.2 Å². The fourth-order valence-corrected chi connectivity index (χ4v) is 10.5. The summed E-state index contributed by atoms with van der Waals surface area (Å²) in [6, 6.07) is 4.72. The lowest BCUT2D eigenvalue weighted by Gasteiger charge is -2.50. The summed E-state index contributed by atoms with van der Waals surface area (Å²) in [4.78, 5) is 25.1. The van der Waals surface area contributed by atoms with Crippen LogP contribution in [0.3, 0.4) is 0 Å². The maximum absolute atomic E-state index is 12.9. The van der Waals surface area contributed by atoms with E-state index in [1.54, 1.807) is 6.92 Å². The first-order chi connectivity index (χ1) is 15.6. The smallest absolute Gasteiger partial charge is 0.337 e. The molecule has 0 aromatic rings. The largest absolute Gasteiger partial charge is 0.464 e. The van der Waals surface area contributed by atoms with E-state index in [2.05, 4.69) is 46.9 Å². The van der Waals surface area contributed by atoms with E-state index in [4.69, 9.17) is 18.3 Å². The molecule has 1 fully saturated rings. The van der Waals surface area contributed by atoms with E-state index >= 15 is 0 Å². The quantitative estimate of drug-likeness (QED) is 0.275. The monoisotopic (exact) mass is 505 g/mol. The van der Waals surface area contributed by atoms with Crippen LogP contribution in [0.4, 0.5) is 0 Å². The number of amides is 1. The second-order valence-corrected chi connectivity index (χ2v) is 18.4. The summed E-state index contributed by atoms with van der Waals surface area (Å²) in [5.41, 5.74) is 0. The van der Waals surface area contributed by atoms with Crippen molar-refractivity contribution in [1.29, 1.82) is 0 Å². The predicted octanol–water partition coefficient (Wildman–Crippen LogP) is 3.59. The van der Waals surface area contributed by atoms with Crippen molar-refractivity contribution in [3.63, 3.8) is 0 Å². The molecule has 0 unspecified atom stereocenters. The summed E-state index contributed by atoms with van der Waals surface area (Å²) in [5.74, 6) is -0.849. The normalized spacial score (nSPS) is 26.2. The molecule has 0 aliphatic carbocycles. The highest BCUT2D eigenvalue weighted by Crippen LogP contribution is 2.36. The average Bonchev–Trinajstić information content (AvgIpc) is 2.82. The number of aliphatic hydroxyl groups excluding tert-OH is 1. The molecule has 1 saturated heterocycles. The van der Waals surface area contributed by atoms with E-state index in [1.165, 1.54) is 6.92 Å². The summed E-state index contributed by atoms with van der Waals surface area (Å²) in [5, 5.41) is 13.2. The number of esters is 1. The standard InChI is InChI=1S/C23H47NO7Si2/c1-9-28-23(27)22-19(24-17(8)26)21(31-33(13-5,14-6)15-7)20(18(16-25)29-22)30-32(10-2,11-3)12-4/h18-22,25H,9-16H2,1-8H3,(H,24,26)/t18-,19-,20-,21-,22-/m1/s1. The van der Waals surface area contributed by atoms with Crippen molar-refractivity contribution in [1.82, 2.24) is 5.32 Å². The molecule has 194 valence electrons. The van der Waals surface area contributed by atoms with Gasteiger partial charge in [-0.1, -0.05) is 41.5 Å². The van der Waals surface area contributed by atoms with Crippen LogP contribution in [0.25, 0.3) is 0 Å². The first-order valence-electron chi connectivity index (χ1n) is 12.7. The lowest BCUT2D eigenvalue weighted by Crippen LogP contribution is -2.70. The molecule has 1 rings (SSSR count). The molecule has 0 aromatic carbocycles. The van der Waals surface area contributed by atoms with Crippen molar-refractivity contribution < 1.29 is 33.0 Å². The predicted molar refractivity (Wildman–Crippen MR) is 134 cm³/mol. The van der Waals surface area contributed by atoms with Crippen LogP contribution in [0.15, 0.2) is 0 Å². The number of aliphatic hydroxyl groups is 1. The number of rotatable bonds is 14. The van der Waals surface area contributed by atoms with Crippen molar-refractivity contribution in [3.05, 3.63) is 0 Å². The Bertz CT molecular complexity index is 597. The SMILES string of the molecule is CCOC(=O)[C@@H]1O[C@H](CO)[C@@H](O[Si](CC)(CC)CC)[C@H](O[Si](CC)(CC)CC)[C@H]1NC(C)=O. The summed E-state index contributed by atoms with van der Waals surface area (Å²) in [6.45, 7) is 15.9. The van der Waals surface area contributed by atoms with Gasteiger partial charge in [-0.05, 0) is 43.2 Å². The molecule has 0 aromatic heterocycles. The van der Waals surface area contributed by atoms with Gasteiger partial charge in [0, 0.05) is 6.92 Å². The molecule has 0 bridgehead atoms. The minimum Gasteiger partial charge on any atom is -0.464 e. The Hall–Kier alpha value is -0.786. The third-order valence-electron chi connectivity index (χ3n) is 7.40. The molecule has 10 heteroatoms. The molecule has 5 atom stereocenters. The molecule has 0 radical (unpaired) electrons. The van der Waals surface area contributed by atoms with Gasteiger partial charge >= 0.3 is 5.97 Å². The highest BCUT2D eigenvalue weighted by atomic mass is 28.4. The zero-order valence-corrected chi connectivity index (χ0v) is 23.9. The number of hydrogen-bond donors (Lipinski definition) is 2. The molecule has 1 aliphatic heterocycles. The van der Waals surface area contributed by atoms with E-state index in [1.807, 2.05) is 0 Å². The minimum atomic E-state index is -2.18. The van der Waals surface area contributed by atoms with Gasteiger partial charge in [-0.25, -0.2) is 4.79 Å². The molecule has 1 aliphatic rings. The Morgan fingerprint density at radius 3 is 1.67 bits per heavy atom. The number of hydrogen-bond acceptors (Lipinski definition) is 7. The maximum atomic E-state index is 12.9. The number of carbonyl (C=O) groups excluding carboxylic acids is 2. The van der Waals surface area contributed by atoms with Gasteiger partial charge in [0.25, 0.3) is 0 Å². The second-order valence-electron chi connectivity index (χ2n) is 8.91. The molecule has 33 heavy (non-hydrogen) atoms. The Kier molecular flexibility index (Phi) is 12.8. The van der Waals surface area contributed by atoms with Crippen LogP contribution in [0.2, 0.25) is 36.3 Å². The summed E-state index contributed by atoms with van der Waals surface area (Å²) in [6.07, 6.45) is -3.02. The van der Waals surface area contributed by atoms with Gasteiger partial charge < -0.3 is 28.7 Å². The van der Waals surface area contributed by atoms with Gasteiger partial charge in [-0.15, -0.1) is 0 Å². The first kappa shape index (κ1) is 30.2. The van der Waals surface area contributed by atoms with Crippen LogP contribution in [0.5, 0.6) is 0 Å². The van der Waals surface area contributed by atoms with Crippen LogP contribution in [-0.2, 0) is 27.9 Å². The third kappa shape index (κ3) is 7.35. The van der Waals surface area contributed by atoms with E-state index in [0.29, 0.717) is 0 Å².